The quantitative estimate of drug-likeness (QED) is 0.0408. The van der Waals surface area contributed by atoms with Crippen LogP contribution < -0.4 is 30.6 Å². The number of fused-ring (bicyclic) bond motifs is 8. The maximum absolute atomic E-state index is 12.7. The highest BCUT2D eigenvalue weighted by molar-refractivity contribution is 5.83. The fourth-order valence-electron chi connectivity index (χ4n) is 9.21. The first-order valence-electron chi connectivity index (χ1n) is 25.1. The van der Waals surface area contributed by atoms with Crippen LogP contribution in [0.1, 0.15) is 161 Å². The molecule has 7 rings (SSSR count). The van der Waals surface area contributed by atoms with E-state index in [9.17, 15) is 10.2 Å². The summed E-state index contributed by atoms with van der Waals surface area (Å²) < 4.78 is 26.4. The predicted octanol–water partition coefficient (Wildman–Crippen LogP) is 12.5. The number of hydrogen-bond acceptors (Lipinski definition) is 10. The SMILES string of the molecule is CC(C)(C)c1cc2c(O)c(c1)Cc1cc(C(C)(C)C)cc(c1OCCOc1ccccc1/C=N/N)Cc1cc(C(C)(C)C)cc(c1O)Cc1cc(C(C)(C)C)cc(c1OCCOc1ccccc1C=NN)C2. The van der Waals surface area contributed by atoms with Gasteiger partial charge in [-0.3, -0.25) is 0 Å². The van der Waals surface area contributed by atoms with E-state index in [1.165, 1.54) is 0 Å². The van der Waals surface area contributed by atoms with Crippen LogP contribution in [-0.2, 0) is 47.3 Å². The van der Waals surface area contributed by atoms with E-state index in [1.54, 1.807) is 12.4 Å². The summed E-state index contributed by atoms with van der Waals surface area (Å²) in [6.45, 7) is 27.5. The fourth-order valence-corrected chi connectivity index (χ4v) is 9.21. The van der Waals surface area contributed by atoms with Crippen LogP contribution in [0.5, 0.6) is 34.5 Å². The van der Waals surface area contributed by atoms with Gasteiger partial charge in [0.05, 0.1) is 12.4 Å². The van der Waals surface area contributed by atoms with Crippen molar-refractivity contribution in [2.75, 3.05) is 26.4 Å². The van der Waals surface area contributed by atoms with E-state index in [1.807, 2.05) is 48.5 Å². The Balaban J connectivity index is 1.44. The highest BCUT2D eigenvalue weighted by atomic mass is 16.5. The molecule has 1 aliphatic carbocycles. The van der Waals surface area contributed by atoms with Gasteiger partial charge in [0.2, 0.25) is 0 Å². The number of phenols is 2. The van der Waals surface area contributed by atoms with E-state index >= 15 is 0 Å². The number of nitrogens with zero attached hydrogens (tertiary/aromatic N) is 2. The summed E-state index contributed by atoms with van der Waals surface area (Å²) in [6.07, 6.45) is 4.68. The fraction of sp³-hybridized carbons (Fsp3) is 0.387. The van der Waals surface area contributed by atoms with Crippen molar-refractivity contribution in [3.8, 4) is 34.5 Å². The standard InChI is InChI=1S/C62H76N4O6/c1-59(2,3)49-29-41-25-45-33-51(61(7,8)9)35-47(57(45)71-23-21-69-53-19-15-13-17-39(53)37-65-63)27-43-31-50(60(4,5)6)32-44(56(43)68)28-48-36-52(62(10,11)12)34-46(26-42(30-49)55(41)67)58(48)72-24-22-70-54-20-16-14-18-40(54)38-66-64/h13-20,29-38,67-68H,21-28,63-64H2,1-12H3/b65-37+,66-38?. The number of rotatable bonds is 12. The molecule has 0 spiro atoms. The lowest BCUT2D eigenvalue weighted by atomic mass is 9.79. The van der Waals surface area contributed by atoms with Gasteiger partial charge in [-0.05, 0) is 113 Å². The largest absolute Gasteiger partial charge is 0.507 e. The molecule has 0 fully saturated rings. The molecule has 0 saturated heterocycles. The minimum Gasteiger partial charge on any atom is -0.507 e. The van der Waals surface area contributed by atoms with Crippen molar-refractivity contribution in [1.29, 1.82) is 0 Å². The van der Waals surface area contributed by atoms with Crippen molar-refractivity contribution in [1.82, 2.24) is 0 Å². The molecule has 10 heteroatoms. The molecule has 0 aromatic heterocycles. The smallest absolute Gasteiger partial charge is 0.128 e. The molecule has 0 heterocycles. The Labute approximate surface area is 428 Å². The number of hydrogen-bond donors (Lipinski definition) is 4. The zero-order valence-electron chi connectivity index (χ0n) is 44.6. The number of para-hydroxylation sites is 2. The third-order valence-electron chi connectivity index (χ3n) is 13.4. The maximum atomic E-state index is 12.7. The normalized spacial score (nSPS) is 13.4. The van der Waals surface area contributed by atoms with E-state index in [0.29, 0.717) is 48.7 Å². The average Bonchev–Trinajstić information content (AvgIpc) is 3.29. The number of nitrogens with two attached hydrogens (primary N) is 2. The predicted molar refractivity (Wildman–Crippen MR) is 294 cm³/mol. The third kappa shape index (κ3) is 12.6. The summed E-state index contributed by atoms with van der Waals surface area (Å²) in [6, 6.07) is 32.7. The lowest BCUT2D eigenvalue weighted by Crippen LogP contribution is -2.18. The maximum Gasteiger partial charge on any atom is 0.128 e. The monoisotopic (exact) mass is 973 g/mol. The molecular formula is C62H76N4O6. The van der Waals surface area contributed by atoms with Gasteiger partial charge in [-0.15, -0.1) is 0 Å². The van der Waals surface area contributed by atoms with E-state index in [4.69, 9.17) is 30.6 Å². The Hall–Kier alpha value is -6.94. The van der Waals surface area contributed by atoms with Crippen LogP contribution in [0.4, 0.5) is 0 Å². The molecule has 0 atom stereocenters. The van der Waals surface area contributed by atoms with Crippen LogP contribution in [0.15, 0.2) is 107 Å². The number of aromatic hydroxyl groups is 2. The molecule has 0 radical (unpaired) electrons. The molecule has 72 heavy (non-hydrogen) atoms. The third-order valence-corrected chi connectivity index (χ3v) is 13.4. The second-order valence-electron chi connectivity index (χ2n) is 23.3. The highest BCUT2D eigenvalue weighted by Crippen LogP contribution is 2.44. The summed E-state index contributed by atoms with van der Waals surface area (Å²) in [5, 5.41) is 32.9. The summed E-state index contributed by atoms with van der Waals surface area (Å²) in [4.78, 5) is 0. The number of ether oxygens (including phenoxy) is 4. The molecule has 6 N–H and O–H groups in total. The molecular weight excluding hydrogens is 897 g/mol. The van der Waals surface area contributed by atoms with Crippen LogP contribution in [0.25, 0.3) is 0 Å². The molecule has 0 saturated carbocycles. The first kappa shape index (κ1) is 52.9. The van der Waals surface area contributed by atoms with Crippen LogP contribution in [0.3, 0.4) is 0 Å². The second-order valence-corrected chi connectivity index (χ2v) is 23.3. The van der Waals surface area contributed by atoms with Crippen LogP contribution in [-0.4, -0.2) is 49.1 Å². The number of phenolic OH excluding ortho intramolecular Hbond substituents is 2. The van der Waals surface area contributed by atoms with Crippen molar-refractivity contribution in [2.45, 2.75) is 130 Å². The summed E-state index contributed by atoms with van der Waals surface area (Å²) in [5.41, 5.74) is 11.9. The van der Waals surface area contributed by atoms with Gasteiger partial charge in [0.25, 0.3) is 0 Å². The Morgan fingerprint density at radius 3 is 0.917 bits per heavy atom. The van der Waals surface area contributed by atoms with Crippen LogP contribution in [0.2, 0.25) is 0 Å². The molecule has 6 aromatic rings. The molecule has 8 bridgehead atoms. The zero-order valence-corrected chi connectivity index (χ0v) is 44.6. The molecule has 10 nitrogen and oxygen atoms in total. The highest BCUT2D eigenvalue weighted by Gasteiger charge is 2.29. The van der Waals surface area contributed by atoms with Gasteiger partial charge in [0, 0.05) is 36.8 Å². The Morgan fingerprint density at radius 1 is 0.403 bits per heavy atom. The van der Waals surface area contributed by atoms with Crippen LogP contribution >= 0.6 is 0 Å². The lowest BCUT2D eigenvalue weighted by Gasteiger charge is -2.28. The van der Waals surface area contributed by atoms with Crippen LogP contribution in [0, 0.1) is 0 Å². The van der Waals surface area contributed by atoms with Gasteiger partial charge in [0.1, 0.15) is 60.9 Å². The topological polar surface area (TPSA) is 154 Å². The van der Waals surface area contributed by atoms with Crippen molar-refractivity contribution >= 4 is 12.4 Å². The van der Waals surface area contributed by atoms with Gasteiger partial charge in [-0.2, -0.15) is 10.2 Å². The van der Waals surface area contributed by atoms with E-state index in [0.717, 1.165) is 77.9 Å². The molecule has 6 aromatic carbocycles. The molecule has 0 amide bonds. The second kappa shape index (κ2) is 21.4. The van der Waals surface area contributed by atoms with E-state index in [-0.39, 0.29) is 59.6 Å². The molecule has 0 unspecified atom stereocenters. The van der Waals surface area contributed by atoms with E-state index in [2.05, 4.69) is 142 Å². The van der Waals surface area contributed by atoms with Crippen molar-refractivity contribution in [3.05, 3.63) is 175 Å². The van der Waals surface area contributed by atoms with Gasteiger partial charge in [-0.1, -0.05) is 156 Å². The lowest BCUT2D eigenvalue weighted by molar-refractivity contribution is 0.214. The van der Waals surface area contributed by atoms with Crippen molar-refractivity contribution < 1.29 is 29.2 Å². The van der Waals surface area contributed by atoms with Gasteiger partial charge < -0.3 is 40.8 Å². The molecule has 1 aliphatic rings. The Kier molecular flexibility index (Phi) is 15.7. The first-order valence-corrected chi connectivity index (χ1v) is 25.1. The number of benzene rings is 6. The molecule has 0 aliphatic heterocycles. The summed E-state index contributed by atoms with van der Waals surface area (Å²) in [7, 11) is 0. The Morgan fingerprint density at radius 2 is 0.653 bits per heavy atom. The Bertz CT molecular complexity index is 2660. The van der Waals surface area contributed by atoms with Gasteiger partial charge >= 0.3 is 0 Å². The summed E-state index contributed by atoms with van der Waals surface area (Å²) >= 11 is 0. The number of hydrazone groups is 2. The minimum atomic E-state index is -0.247. The van der Waals surface area contributed by atoms with Crippen molar-refractivity contribution in [3.63, 3.8) is 0 Å². The van der Waals surface area contributed by atoms with E-state index < -0.39 is 0 Å². The van der Waals surface area contributed by atoms with Crippen molar-refractivity contribution in [2.24, 2.45) is 21.9 Å². The summed E-state index contributed by atoms with van der Waals surface area (Å²) in [5.74, 6) is 14.2. The zero-order chi connectivity index (χ0) is 52.2. The first-order chi connectivity index (χ1) is 33.9. The van der Waals surface area contributed by atoms with Gasteiger partial charge in [-0.25, -0.2) is 0 Å². The minimum absolute atomic E-state index is 0.231. The van der Waals surface area contributed by atoms with Gasteiger partial charge in [0.15, 0.2) is 0 Å². The molecule has 380 valence electrons. The average molecular weight is 973 g/mol.